The molecule has 100 valence electrons. The number of carbonyl (C=O) groups is 1. The number of nitrogens with one attached hydrogen (secondary N) is 1. The van der Waals surface area contributed by atoms with Gasteiger partial charge in [-0.05, 0) is 42.5 Å². The van der Waals surface area contributed by atoms with Crippen molar-refractivity contribution in [3.63, 3.8) is 0 Å². The van der Waals surface area contributed by atoms with Crippen LogP contribution in [-0.2, 0) is 0 Å². The van der Waals surface area contributed by atoms with Gasteiger partial charge in [-0.25, -0.2) is 4.39 Å². The van der Waals surface area contributed by atoms with Crippen LogP contribution in [0, 0.1) is 17.7 Å². The van der Waals surface area contributed by atoms with Crippen LogP contribution in [-0.4, -0.2) is 12.5 Å². The lowest BCUT2D eigenvalue weighted by molar-refractivity contribution is 0.0958. The van der Waals surface area contributed by atoms with E-state index in [1.54, 1.807) is 12.1 Å². The van der Waals surface area contributed by atoms with E-state index in [1.165, 1.54) is 24.3 Å². The minimum Gasteiger partial charge on any atom is -0.341 e. The molecular weight excluding hydrogens is 277 g/mol. The molecule has 2 nitrogen and oxygen atoms in total. The molecule has 4 heteroatoms. The maximum Gasteiger partial charge on any atom is 0.252 e. The zero-order chi connectivity index (χ0) is 14.4. The van der Waals surface area contributed by atoms with Crippen LogP contribution in [0.15, 0.2) is 48.5 Å². The van der Waals surface area contributed by atoms with Gasteiger partial charge in [0.25, 0.3) is 5.91 Å². The largest absolute Gasteiger partial charge is 0.341 e. The number of hydrogen-bond donors (Lipinski definition) is 1. The summed E-state index contributed by atoms with van der Waals surface area (Å²) in [5.41, 5.74) is 1.18. The van der Waals surface area contributed by atoms with Crippen LogP contribution in [0.2, 0.25) is 5.02 Å². The predicted octanol–water partition coefficient (Wildman–Crippen LogP) is 3.26. The van der Waals surface area contributed by atoms with E-state index in [2.05, 4.69) is 17.2 Å². The summed E-state index contributed by atoms with van der Waals surface area (Å²) in [5, 5.41) is 3.25. The minimum atomic E-state index is -0.373. The quantitative estimate of drug-likeness (QED) is 0.844. The second kappa shape index (κ2) is 6.74. The molecule has 2 aromatic rings. The lowest BCUT2D eigenvalue weighted by Crippen LogP contribution is -2.23. The molecule has 0 radical (unpaired) electrons. The second-order valence-electron chi connectivity index (χ2n) is 4.00. The van der Waals surface area contributed by atoms with Gasteiger partial charge in [-0.15, -0.1) is 0 Å². The van der Waals surface area contributed by atoms with Crippen molar-refractivity contribution in [3.05, 3.63) is 70.5 Å². The Morgan fingerprint density at radius 2 is 1.95 bits per heavy atom. The molecule has 0 atom stereocenters. The lowest BCUT2D eigenvalue weighted by atomic mass is 10.2. The maximum absolute atomic E-state index is 12.7. The molecule has 1 amide bonds. The van der Waals surface area contributed by atoms with Gasteiger partial charge in [0.15, 0.2) is 0 Å². The third kappa shape index (κ3) is 4.11. The summed E-state index contributed by atoms with van der Waals surface area (Å²) in [4.78, 5) is 11.7. The van der Waals surface area contributed by atoms with Crippen molar-refractivity contribution in [1.82, 2.24) is 5.32 Å². The normalized spacial score (nSPS) is 9.50. The average molecular weight is 288 g/mol. The Morgan fingerprint density at radius 3 is 2.65 bits per heavy atom. The Hall–Kier alpha value is -2.31. The highest BCUT2D eigenvalue weighted by atomic mass is 35.5. The van der Waals surface area contributed by atoms with E-state index in [0.717, 1.165) is 5.56 Å². The molecule has 0 unspecified atom stereocenters. The Bertz CT molecular complexity index is 671. The monoisotopic (exact) mass is 287 g/mol. The van der Waals surface area contributed by atoms with Crippen molar-refractivity contribution in [2.45, 2.75) is 0 Å². The Morgan fingerprint density at radius 1 is 1.20 bits per heavy atom. The molecular formula is C16H11ClFNO. The van der Waals surface area contributed by atoms with Crippen LogP contribution in [0.25, 0.3) is 0 Å². The van der Waals surface area contributed by atoms with Crippen molar-refractivity contribution in [1.29, 1.82) is 0 Å². The number of amides is 1. The van der Waals surface area contributed by atoms with Crippen LogP contribution in [0.4, 0.5) is 4.39 Å². The van der Waals surface area contributed by atoms with Crippen molar-refractivity contribution in [3.8, 4) is 11.8 Å². The summed E-state index contributed by atoms with van der Waals surface area (Å²) in [6, 6.07) is 12.5. The first kappa shape index (κ1) is 14.1. The topological polar surface area (TPSA) is 29.1 Å². The van der Waals surface area contributed by atoms with Gasteiger partial charge in [-0.1, -0.05) is 29.5 Å². The fourth-order valence-electron chi connectivity index (χ4n) is 1.54. The Labute approximate surface area is 121 Å². The van der Waals surface area contributed by atoms with Crippen LogP contribution >= 0.6 is 11.6 Å². The van der Waals surface area contributed by atoms with Gasteiger partial charge in [-0.2, -0.15) is 0 Å². The van der Waals surface area contributed by atoms with Gasteiger partial charge < -0.3 is 5.32 Å². The van der Waals surface area contributed by atoms with Gasteiger partial charge in [0.2, 0.25) is 0 Å². The summed E-state index contributed by atoms with van der Waals surface area (Å²) >= 11 is 5.83. The molecule has 0 aliphatic rings. The Balaban J connectivity index is 1.90. The minimum absolute atomic E-state index is 0.211. The summed E-state index contributed by atoms with van der Waals surface area (Å²) in [7, 11) is 0. The highest BCUT2D eigenvalue weighted by Crippen LogP contribution is 2.09. The fraction of sp³-hybridized carbons (Fsp3) is 0.0625. The molecule has 0 aromatic heterocycles. The molecule has 0 saturated carbocycles. The highest BCUT2D eigenvalue weighted by molar-refractivity contribution is 6.30. The average Bonchev–Trinajstić information content (AvgIpc) is 2.44. The second-order valence-corrected chi connectivity index (χ2v) is 4.44. The summed E-state index contributed by atoms with van der Waals surface area (Å²) in [6.45, 7) is 0.211. The van der Waals surface area contributed by atoms with E-state index in [0.29, 0.717) is 10.6 Å². The van der Waals surface area contributed by atoms with Gasteiger partial charge in [-0.3, -0.25) is 4.79 Å². The van der Waals surface area contributed by atoms with Gasteiger partial charge in [0.05, 0.1) is 6.54 Å². The highest BCUT2D eigenvalue weighted by Gasteiger charge is 2.03. The molecule has 2 rings (SSSR count). The molecule has 0 spiro atoms. The standard InChI is InChI=1S/C16H11ClFNO/c17-14-5-1-3-12(11-14)4-2-10-19-16(20)13-6-8-15(18)9-7-13/h1,3,5-9,11H,10H2,(H,19,20). The number of benzene rings is 2. The van der Waals surface area contributed by atoms with Crippen molar-refractivity contribution < 1.29 is 9.18 Å². The molecule has 0 bridgehead atoms. The van der Waals surface area contributed by atoms with E-state index in [-0.39, 0.29) is 18.3 Å². The predicted molar refractivity (Wildman–Crippen MR) is 77.1 cm³/mol. The third-order valence-corrected chi connectivity index (χ3v) is 2.74. The van der Waals surface area contributed by atoms with E-state index in [1.807, 2.05) is 12.1 Å². The number of rotatable bonds is 2. The van der Waals surface area contributed by atoms with Crippen molar-refractivity contribution in [2.75, 3.05) is 6.54 Å². The smallest absolute Gasteiger partial charge is 0.252 e. The van der Waals surface area contributed by atoms with E-state index < -0.39 is 0 Å². The number of hydrogen-bond acceptors (Lipinski definition) is 1. The maximum atomic E-state index is 12.7. The molecule has 0 heterocycles. The Kier molecular flexibility index (Phi) is 4.75. The van der Waals surface area contributed by atoms with Crippen LogP contribution in [0.5, 0.6) is 0 Å². The third-order valence-electron chi connectivity index (χ3n) is 2.50. The van der Waals surface area contributed by atoms with Gasteiger partial charge in [0, 0.05) is 16.1 Å². The van der Waals surface area contributed by atoms with E-state index in [4.69, 9.17) is 11.6 Å². The molecule has 2 aromatic carbocycles. The van der Waals surface area contributed by atoms with E-state index in [9.17, 15) is 9.18 Å². The summed E-state index contributed by atoms with van der Waals surface area (Å²) in [6.07, 6.45) is 0. The first-order chi connectivity index (χ1) is 9.65. The first-order valence-corrected chi connectivity index (χ1v) is 6.31. The lowest BCUT2D eigenvalue weighted by Gasteiger charge is -2.00. The fourth-order valence-corrected chi connectivity index (χ4v) is 1.73. The molecule has 0 aliphatic carbocycles. The van der Waals surface area contributed by atoms with Crippen molar-refractivity contribution in [2.24, 2.45) is 0 Å². The molecule has 20 heavy (non-hydrogen) atoms. The van der Waals surface area contributed by atoms with Crippen LogP contribution < -0.4 is 5.32 Å². The zero-order valence-corrected chi connectivity index (χ0v) is 11.2. The van der Waals surface area contributed by atoms with Crippen molar-refractivity contribution >= 4 is 17.5 Å². The summed E-state index contributed by atoms with van der Waals surface area (Å²) in [5.74, 6) is 5.06. The van der Waals surface area contributed by atoms with Gasteiger partial charge >= 0.3 is 0 Å². The zero-order valence-electron chi connectivity index (χ0n) is 10.5. The molecule has 1 N–H and O–H groups in total. The summed E-state index contributed by atoms with van der Waals surface area (Å²) < 4.78 is 12.7. The van der Waals surface area contributed by atoms with Gasteiger partial charge in [0.1, 0.15) is 5.82 Å². The van der Waals surface area contributed by atoms with Crippen LogP contribution in [0.1, 0.15) is 15.9 Å². The SMILES string of the molecule is O=C(NCC#Cc1cccc(Cl)c1)c1ccc(F)cc1. The molecule has 0 aliphatic heterocycles. The number of carbonyl (C=O) groups excluding carboxylic acids is 1. The van der Waals surface area contributed by atoms with E-state index >= 15 is 0 Å². The molecule has 0 fully saturated rings. The number of halogens is 2. The van der Waals surface area contributed by atoms with Crippen LogP contribution in [0.3, 0.4) is 0 Å². The first-order valence-electron chi connectivity index (χ1n) is 5.93. The molecule has 0 saturated heterocycles.